The molecule has 14 heteroatoms. The summed E-state index contributed by atoms with van der Waals surface area (Å²) < 4.78 is 49.7. The maximum absolute atomic E-state index is 13.2. The fourth-order valence-electron chi connectivity index (χ4n) is 4.31. The van der Waals surface area contributed by atoms with Crippen LogP contribution in [-0.2, 0) is 25.2 Å². The molecule has 0 saturated carbocycles. The van der Waals surface area contributed by atoms with Gasteiger partial charge in [-0.3, -0.25) is 19.8 Å². The SMILES string of the molecule is C[C@@H](NC(=O)[C@@H]1CC2(CN1C(=O)CNC(=O)c1ccc(C(F)(F)F)cc1)OCCO2)c1cc(C(=N)N)cs1. The number of hydrogen-bond acceptors (Lipinski definition) is 7. The molecule has 1 aromatic carbocycles. The number of hydrogen-bond donors (Lipinski definition) is 4. The third-order valence-corrected chi connectivity index (χ3v) is 7.43. The quantitative estimate of drug-likeness (QED) is 0.305. The molecule has 1 spiro atoms. The van der Waals surface area contributed by atoms with E-state index in [4.69, 9.17) is 20.6 Å². The Morgan fingerprint density at radius 3 is 2.45 bits per heavy atom. The van der Waals surface area contributed by atoms with Gasteiger partial charge in [0.15, 0.2) is 5.79 Å². The molecule has 0 unspecified atom stereocenters. The van der Waals surface area contributed by atoms with Gasteiger partial charge in [-0.25, -0.2) is 0 Å². The van der Waals surface area contributed by atoms with Crippen LogP contribution in [0, 0.1) is 5.41 Å². The molecular weight excluding hydrogens is 527 g/mol. The number of nitrogens with one attached hydrogen (secondary N) is 3. The monoisotopic (exact) mass is 553 g/mol. The van der Waals surface area contributed by atoms with E-state index in [0.29, 0.717) is 18.8 Å². The van der Waals surface area contributed by atoms with Crippen LogP contribution in [0.2, 0.25) is 0 Å². The number of nitrogen functional groups attached to an aromatic ring is 1. The summed E-state index contributed by atoms with van der Waals surface area (Å²) in [5, 5.41) is 14.5. The second-order valence-corrected chi connectivity index (χ2v) is 9.93. The number of halogens is 3. The fourth-order valence-corrected chi connectivity index (χ4v) is 5.23. The van der Waals surface area contributed by atoms with Gasteiger partial charge in [-0.05, 0) is 37.3 Å². The second kappa shape index (κ2) is 10.7. The molecule has 5 N–H and O–H groups in total. The van der Waals surface area contributed by atoms with Crippen molar-refractivity contribution in [2.75, 3.05) is 26.3 Å². The van der Waals surface area contributed by atoms with Crippen LogP contribution in [0.5, 0.6) is 0 Å². The standard InChI is InChI=1S/C24H26F3N5O5S/c1-13(18-8-15(11-38-18)20(28)29)31-22(35)17-9-23(36-6-7-37-23)12-32(17)19(33)10-30-21(34)14-2-4-16(5-3-14)24(25,26)27/h2-5,8,11,13,17H,6-7,9-10,12H2,1H3,(H3,28,29)(H,30,34)(H,31,35)/t13-,17+/m1/s1. The fraction of sp³-hybridized carbons (Fsp3) is 0.417. The van der Waals surface area contributed by atoms with Gasteiger partial charge >= 0.3 is 6.18 Å². The Hall–Kier alpha value is -3.49. The van der Waals surface area contributed by atoms with Crippen LogP contribution in [0.25, 0.3) is 0 Å². The molecule has 10 nitrogen and oxygen atoms in total. The highest BCUT2D eigenvalue weighted by atomic mass is 32.1. The molecule has 2 aliphatic heterocycles. The number of ether oxygens (including phenoxy) is 2. The van der Waals surface area contributed by atoms with Gasteiger partial charge in [-0.15, -0.1) is 11.3 Å². The van der Waals surface area contributed by atoms with Crippen molar-refractivity contribution in [1.82, 2.24) is 15.5 Å². The summed E-state index contributed by atoms with van der Waals surface area (Å²) in [6, 6.07) is 3.93. The minimum atomic E-state index is -4.53. The molecule has 2 fully saturated rings. The maximum Gasteiger partial charge on any atom is 0.416 e. The second-order valence-electron chi connectivity index (χ2n) is 8.99. The highest BCUT2D eigenvalue weighted by Gasteiger charge is 2.52. The van der Waals surface area contributed by atoms with Crippen LogP contribution < -0.4 is 16.4 Å². The number of carbonyl (C=O) groups is 3. The van der Waals surface area contributed by atoms with Crippen LogP contribution in [0.4, 0.5) is 13.2 Å². The van der Waals surface area contributed by atoms with Crippen LogP contribution in [0.3, 0.4) is 0 Å². The zero-order valence-electron chi connectivity index (χ0n) is 20.3. The Balaban J connectivity index is 1.42. The average molecular weight is 554 g/mol. The van der Waals surface area contributed by atoms with Gasteiger partial charge in [-0.1, -0.05) is 0 Å². The van der Waals surface area contributed by atoms with Crippen molar-refractivity contribution < 1.29 is 37.0 Å². The van der Waals surface area contributed by atoms with Gasteiger partial charge in [-0.2, -0.15) is 13.2 Å². The van der Waals surface area contributed by atoms with E-state index in [1.54, 1.807) is 18.4 Å². The van der Waals surface area contributed by atoms with Crippen LogP contribution in [0.15, 0.2) is 35.7 Å². The van der Waals surface area contributed by atoms with E-state index in [0.717, 1.165) is 29.1 Å². The molecule has 1 aromatic heterocycles. The summed E-state index contributed by atoms with van der Waals surface area (Å²) in [6.07, 6.45) is -4.44. The number of amides is 3. The lowest BCUT2D eigenvalue weighted by atomic mass is 10.1. The third kappa shape index (κ3) is 5.97. The first kappa shape index (κ1) is 27.5. The van der Waals surface area contributed by atoms with Crippen LogP contribution >= 0.6 is 11.3 Å². The van der Waals surface area contributed by atoms with E-state index in [-0.39, 0.29) is 24.4 Å². The molecule has 0 aliphatic carbocycles. The van der Waals surface area contributed by atoms with E-state index in [2.05, 4.69) is 10.6 Å². The van der Waals surface area contributed by atoms with E-state index >= 15 is 0 Å². The predicted molar refractivity (Wildman–Crippen MR) is 130 cm³/mol. The molecule has 0 bridgehead atoms. The number of amidine groups is 1. The molecule has 4 rings (SSSR count). The number of benzene rings is 1. The predicted octanol–water partition coefficient (Wildman–Crippen LogP) is 2.00. The summed E-state index contributed by atoms with van der Waals surface area (Å²) in [5.74, 6) is -2.99. The lowest BCUT2D eigenvalue weighted by Gasteiger charge is -2.25. The summed E-state index contributed by atoms with van der Waals surface area (Å²) in [4.78, 5) is 40.8. The zero-order chi connectivity index (χ0) is 27.7. The lowest BCUT2D eigenvalue weighted by molar-refractivity contribution is -0.152. The highest BCUT2D eigenvalue weighted by Crippen LogP contribution is 2.35. The Labute approximate surface area is 219 Å². The summed E-state index contributed by atoms with van der Waals surface area (Å²) in [7, 11) is 0. The number of thiophene rings is 1. The molecule has 3 amide bonds. The van der Waals surface area contributed by atoms with Gasteiger partial charge in [0.2, 0.25) is 11.8 Å². The molecule has 204 valence electrons. The number of alkyl halides is 3. The van der Waals surface area contributed by atoms with Crippen molar-refractivity contribution in [1.29, 1.82) is 5.41 Å². The molecule has 0 radical (unpaired) electrons. The summed E-state index contributed by atoms with van der Waals surface area (Å²) >= 11 is 1.33. The van der Waals surface area contributed by atoms with Crippen molar-refractivity contribution in [3.8, 4) is 0 Å². The largest absolute Gasteiger partial charge is 0.416 e. The number of carbonyl (C=O) groups excluding carboxylic acids is 3. The van der Waals surface area contributed by atoms with Crippen molar-refractivity contribution in [2.45, 2.75) is 37.4 Å². The number of nitrogens with zero attached hydrogens (tertiary/aromatic N) is 1. The topological polar surface area (TPSA) is 147 Å². The highest BCUT2D eigenvalue weighted by molar-refractivity contribution is 7.10. The first-order valence-electron chi connectivity index (χ1n) is 11.6. The number of nitrogens with two attached hydrogens (primary N) is 1. The molecule has 2 saturated heterocycles. The van der Waals surface area contributed by atoms with E-state index < -0.39 is 53.9 Å². The number of likely N-dealkylation sites (tertiary alicyclic amines) is 1. The van der Waals surface area contributed by atoms with E-state index in [1.165, 1.54) is 16.2 Å². The van der Waals surface area contributed by atoms with Crippen LogP contribution in [0.1, 0.15) is 45.7 Å². The van der Waals surface area contributed by atoms with Crippen molar-refractivity contribution >= 4 is 34.9 Å². The van der Waals surface area contributed by atoms with Crippen molar-refractivity contribution in [2.24, 2.45) is 5.73 Å². The van der Waals surface area contributed by atoms with Crippen molar-refractivity contribution in [3.63, 3.8) is 0 Å². The minimum absolute atomic E-state index is 0.0259. The Kier molecular flexibility index (Phi) is 7.76. The Morgan fingerprint density at radius 1 is 1.21 bits per heavy atom. The normalized spacial score (nSPS) is 19.4. The minimum Gasteiger partial charge on any atom is -0.384 e. The van der Waals surface area contributed by atoms with Gasteiger partial charge in [0.1, 0.15) is 11.9 Å². The molecule has 2 atom stereocenters. The first-order valence-corrected chi connectivity index (χ1v) is 12.5. The van der Waals surface area contributed by atoms with E-state index in [1.807, 2.05) is 0 Å². The Morgan fingerprint density at radius 2 is 1.87 bits per heavy atom. The first-order chi connectivity index (χ1) is 17.9. The van der Waals surface area contributed by atoms with Crippen molar-refractivity contribution in [3.05, 3.63) is 57.3 Å². The summed E-state index contributed by atoms with van der Waals surface area (Å²) in [6.45, 7) is 1.86. The van der Waals surface area contributed by atoms with E-state index in [9.17, 15) is 27.6 Å². The molecule has 38 heavy (non-hydrogen) atoms. The molecule has 2 aliphatic rings. The summed E-state index contributed by atoms with van der Waals surface area (Å²) in [5.41, 5.74) is 5.11. The van der Waals surface area contributed by atoms with Gasteiger partial charge < -0.3 is 30.7 Å². The van der Waals surface area contributed by atoms with Gasteiger partial charge in [0.05, 0.1) is 37.9 Å². The molecular formula is C24H26F3N5O5S. The van der Waals surface area contributed by atoms with Crippen LogP contribution in [-0.4, -0.2) is 66.6 Å². The molecule has 3 heterocycles. The molecule has 2 aromatic rings. The lowest BCUT2D eigenvalue weighted by Crippen LogP contribution is -2.49. The maximum atomic E-state index is 13.2. The van der Waals surface area contributed by atoms with Gasteiger partial charge in [0, 0.05) is 27.8 Å². The zero-order valence-corrected chi connectivity index (χ0v) is 21.1. The third-order valence-electron chi connectivity index (χ3n) is 6.32. The van der Waals surface area contributed by atoms with Gasteiger partial charge in [0.25, 0.3) is 5.91 Å². The smallest absolute Gasteiger partial charge is 0.384 e. The number of rotatable bonds is 7. The Bertz CT molecular complexity index is 1230. The average Bonchev–Trinajstić information content (AvgIpc) is 3.62.